The first-order valence-corrected chi connectivity index (χ1v) is 15.2. The third-order valence-corrected chi connectivity index (χ3v) is 10.6. The van der Waals surface area contributed by atoms with Gasteiger partial charge in [-0.15, -0.1) is 17.0 Å². The van der Waals surface area contributed by atoms with Gasteiger partial charge >= 0.3 is 0 Å². The minimum Gasteiger partial charge on any atom is -0.497 e. The van der Waals surface area contributed by atoms with E-state index in [0.29, 0.717) is 34.5 Å². The predicted molar refractivity (Wildman–Crippen MR) is 162 cm³/mol. The normalized spacial score (nSPS) is 19.6. The summed E-state index contributed by atoms with van der Waals surface area (Å²) in [4.78, 5) is 13.5. The molecule has 2 fully saturated rings. The Balaban J connectivity index is 0.00000323. The lowest BCUT2D eigenvalue weighted by Gasteiger charge is -2.42. The van der Waals surface area contributed by atoms with E-state index in [1.165, 1.54) is 0 Å². The molecule has 1 saturated carbocycles. The largest absolute Gasteiger partial charge is 0.497 e. The molecular weight excluding hydrogens is 614 g/mol. The number of carbonyl (C=O) groups excluding carboxylic acids is 1. The van der Waals surface area contributed by atoms with Gasteiger partial charge in [0, 0.05) is 22.5 Å². The van der Waals surface area contributed by atoms with E-state index in [-0.39, 0.29) is 39.2 Å². The monoisotopic (exact) mass is 645 g/mol. The molecule has 1 atom stereocenters. The number of halogens is 2. The molecule has 7 nitrogen and oxygen atoms in total. The Morgan fingerprint density at radius 3 is 2.42 bits per heavy atom. The highest BCUT2D eigenvalue weighted by molar-refractivity contribution is 8.93. The Labute approximate surface area is 251 Å². The van der Waals surface area contributed by atoms with Gasteiger partial charge in [-0.05, 0) is 104 Å². The number of sulfonamides is 1. The van der Waals surface area contributed by atoms with Crippen molar-refractivity contribution < 1.29 is 17.9 Å². The van der Waals surface area contributed by atoms with Crippen molar-refractivity contribution in [2.24, 2.45) is 5.92 Å². The number of carbonyl (C=O) groups is 1. The van der Waals surface area contributed by atoms with Gasteiger partial charge in [0.1, 0.15) is 5.75 Å². The number of rotatable bonds is 7. The number of benzene rings is 3. The second kappa shape index (κ2) is 11.4. The van der Waals surface area contributed by atoms with Crippen LogP contribution in [0.2, 0.25) is 5.02 Å². The van der Waals surface area contributed by atoms with E-state index < -0.39 is 10.0 Å². The zero-order valence-electron chi connectivity index (χ0n) is 22.2. The minimum atomic E-state index is -3.85. The summed E-state index contributed by atoms with van der Waals surface area (Å²) in [6.45, 7) is 1.93. The lowest BCUT2D eigenvalue weighted by atomic mass is 9.68. The number of nitrogens with zero attached hydrogens (tertiary/aromatic N) is 1. The average molecular weight is 647 g/mol. The number of fused-ring (bicyclic) bond motifs is 2. The molecule has 1 saturated heterocycles. The maximum atomic E-state index is 14.3. The molecule has 2 heterocycles. The topological polar surface area (TPSA) is 87.7 Å². The summed E-state index contributed by atoms with van der Waals surface area (Å²) in [6, 6.07) is 19.3. The maximum Gasteiger partial charge on any atom is 0.264 e. The van der Waals surface area contributed by atoms with Gasteiger partial charge < -0.3 is 15.4 Å². The van der Waals surface area contributed by atoms with E-state index in [4.69, 9.17) is 16.3 Å². The van der Waals surface area contributed by atoms with Gasteiger partial charge in [0.2, 0.25) is 0 Å². The molecule has 2 N–H and O–H groups in total. The van der Waals surface area contributed by atoms with Gasteiger partial charge in [-0.1, -0.05) is 29.8 Å². The van der Waals surface area contributed by atoms with Crippen LogP contribution < -0.4 is 19.7 Å². The van der Waals surface area contributed by atoms with Crippen molar-refractivity contribution in [3.63, 3.8) is 0 Å². The van der Waals surface area contributed by atoms with Gasteiger partial charge in [0.05, 0.1) is 23.7 Å². The number of ether oxygens (including phenoxy) is 1. The third-order valence-electron chi connectivity index (χ3n) is 8.43. The van der Waals surface area contributed by atoms with Crippen LogP contribution in [-0.4, -0.2) is 40.6 Å². The van der Waals surface area contributed by atoms with Crippen LogP contribution in [-0.2, 0) is 22.0 Å². The highest BCUT2D eigenvalue weighted by Crippen LogP contribution is 2.58. The van der Waals surface area contributed by atoms with Gasteiger partial charge in [-0.2, -0.15) is 0 Å². The Bertz CT molecular complexity index is 1510. The minimum absolute atomic E-state index is 0. The quantitative estimate of drug-likeness (QED) is 0.356. The molecule has 10 heteroatoms. The second-order valence-electron chi connectivity index (χ2n) is 10.7. The van der Waals surface area contributed by atoms with Crippen LogP contribution in [0.3, 0.4) is 0 Å². The Morgan fingerprint density at radius 2 is 1.77 bits per heavy atom. The first kappa shape index (κ1) is 28.9. The van der Waals surface area contributed by atoms with Crippen LogP contribution in [0.15, 0.2) is 71.6 Å². The standard InChI is InChI=1S/C30H32ClN3O4S.BrH/c1-38-23-9-11-24(12-10-23)39(36,37)34-27-13-8-21(29(35)33-19-22-4-2-3-5-26(22)31)18-25(27)30(14-16-32-17-15-30)28(34)20-6-7-20;/h2-5,8-13,18,20,28,32H,6-7,14-17,19H2,1H3,(H,33,35);1H. The Kier molecular flexibility index (Phi) is 8.21. The molecule has 2 aliphatic heterocycles. The fourth-order valence-electron chi connectivity index (χ4n) is 6.35. The molecule has 0 aromatic heterocycles. The molecule has 3 aromatic rings. The maximum absolute atomic E-state index is 14.3. The van der Waals surface area contributed by atoms with Crippen LogP contribution in [0.4, 0.5) is 5.69 Å². The van der Waals surface area contributed by atoms with E-state index in [2.05, 4.69) is 10.6 Å². The number of amides is 1. The molecule has 3 aromatic carbocycles. The number of hydrogen-bond acceptors (Lipinski definition) is 5. The highest BCUT2D eigenvalue weighted by atomic mass is 79.9. The third kappa shape index (κ3) is 5.02. The number of piperidine rings is 1. The average Bonchev–Trinajstić information content (AvgIpc) is 3.76. The van der Waals surface area contributed by atoms with E-state index in [0.717, 1.165) is 49.9 Å². The van der Waals surface area contributed by atoms with Crippen molar-refractivity contribution >= 4 is 50.2 Å². The molecule has 40 heavy (non-hydrogen) atoms. The molecular formula is C30H33BrClN3O4S. The first-order valence-electron chi connectivity index (χ1n) is 13.4. The Hall–Kier alpha value is -2.59. The second-order valence-corrected chi connectivity index (χ2v) is 12.9. The van der Waals surface area contributed by atoms with Gasteiger partial charge in [-0.25, -0.2) is 8.42 Å². The zero-order valence-corrected chi connectivity index (χ0v) is 25.5. The summed E-state index contributed by atoms with van der Waals surface area (Å²) in [5.74, 6) is 0.694. The number of hydrogen-bond donors (Lipinski definition) is 2. The van der Waals surface area contributed by atoms with Crippen molar-refractivity contribution in [1.29, 1.82) is 0 Å². The van der Waals surface area contributed by atoms with Crippen LogP contribution >= 0.6 is 28.6 Å². The summed E-state index contributed by atoms with van der Waals surface area (Å²) in [5.41, 5.74) is 2.67. The van der Waals surface area contributed by atoms with E-state index >= 15 is 0 Å². The highest BCUT2D eigenvalue weighted by Gasteiger charge is 2.59. The lowest BCUT2D eigenvalue weighted by Crippen LogP contribution is -2.53. The van der Waals surface area contributed by atoms with Gasteiger partial charge in [0.25, 0.3) is 15.9 Å². The van der Waals surface area contributed by atoms with E-state index in [9.17, 15) is 13.2 Å². The summed E-state index contributed by atoms with van der Waals surface area (Å²) >= 11 is 6.28. The van der Waals surface area contributed by atoms with Crippen LogP contribution in [0.1, 0.15) is 47.2 Å². The fourth-order valence-corrected chi connectivity index (χ4v) is 8.35. The number of anilines is 1. The molecule has 0 radical (unpaired) electrons. The lowest BCUT2D eigenvalue weighted by molar-refractivity contribution is 0.0950. The summed E-state index contributed by atoms with van der Waals surface area (Å²) in [5, 5.41) is 7.04. The first-order chi connectivity index (χ1) is 18.8. The molecule has 3 aliphatic rings. The SMILES string of the molecule is Br.COc1ccc(S(=O)(=O)N2c3ccc(C(=O)NCc4ccccc4Cl)cc3C3(CCNCC3)C2C2CC2)cc1. The summed E-state index contributed by atoms with van der Waals surface area (Å²) in [7, 11) is -2.29. The smallest absolute Gasteiger partial charge is 0.264 e. The molecule has 1 spiro atoms. The van der Waals surface area contributed by atoms with Crippen molar-refractivity contribution in [2.75, 3.05) is 24.5 Å². The molecule has 1 aliphatic carbocycles. The van der Waals surface area contributed by atoms with Crippen molar-refractivity contribution in [1.82, 2.24) is 10.6 Å². The van der Waals surface area contributed by atoms with Crippen molar-refractivity contribution in [3.8, 4) is 5.75 Å². The summed E-state index contributed by atoms with van der Waals surface area (Å²) in [6.07, 6.45) is 3.66. The van der Waals surface area contributed by atoms with Crippen molar-refractivity contribution in [2.45, 2.75) is 48.6 Å². The predicted octanol–water partition coefficient (Wildman–Crippen LogP) is 5.47. The van der Waals surface area contributed by atoms with Crippen molar-refractivity contribution in [3.05, 3.63) is 88.4 Å². The van der Waals surface area contributed by atoms with Gasteiger partial charge in [0.15, 0.2) is 0 Å². The van der Waals surface area contributed by atoms with Gasteiger partial charge in [-0.3, -0.25) is 9.10 Å². The molecule has 1 amide bonds. The zero-order chi connectivity index (χ0) is 27.2. The van der Waals surface area contributed by atoms with E-state index in [1.807, 2.05) is 30.3 Å². The number of nitrogens with one attached hydrogen (secondary N) is 2. The Morgan fingerprint density at radius 1 is 1.07 bits per heavy atom. The van der Waals surface area contributed by atoms with E-state index in [1.54, 1.807) is 47.8 Å². The van der Waals surface area contributed by atoms with Crippen LogP contribution in [0.25, 0.3) is 0 Å². The fraction of sp³-hybridized carbons (Fsp3) is 0.367. The molecule has 212 valence electrons. The summed E-state index contributed by atoms with van der Waals surface area (Å²) < 4.78 is 35.4. The molecule has 6 rings (SSSR count). The molecule has 1 unspecified atom stereocenters. The molecule has 0 bridgehead atoms. The van der Waals surface area contributed by atoms with Crippen LogP contribution in [0.5, 0.6) is 5.75 Å². The van der Waals surface area contributed by atoms with Crippen LogP contribution in [0, 0.1) is 5.92 Å². The number of methoxy groups -OCH3 is 1.